The first kappa shape index (κ1) is 19.8. The fourth-order valence-corrected chi connectivity index (χ4v) is 3.67. The maximum absolute atomic E-state index is 12.6. The van der Waals surface area contributed by atoms with Gasteiger partial charge in [0.25, 0.3) is 5.91 Å². The summed E-state index contributed by atoms with van der Waals surface area (Å²) in [5, 5.41) is 4.25. The van der Waals surface area contributed by atoms with Crippen molar-refractivity contribution in [3.63, 3.8) is 0 Å². The lowest BCUT2D eigenvalue weighted by Gasteiger charge is -2.23. The monoisotopic (exact) mass is 379 g/mol. The fraction of sp³-hybridized carbons (Fsp3) is 0.348. The molecule has 0 spiro atoms. The third-order valence-corrected chi connectivity index (χ3v) is 5.18. The molecule has 1 aromatic heterocycles. The van der Waals surface area contributed by atoms with Gasteiger partial charge in [0.15, 0.2) is 0 Å². The molecule has 1 amide bonds. The number of carbonyl (C=O) groups excluding carboxylic acids is 1. The first-order valence-corrected chi connectivity index (χ1v) is 9.85. The van der Waals surface area contributed by atoms with Crippen molar-refractivity contribution >= 4 is 22.5 Å². The van der Waals surface area contributed by atoms with Crippen LogP contribution in [0.15, 0.2) is 48.5 Å². The Balaban J connectivity index is 1.68. The number of fused-ring (bicyclic) bond motifs is 1. The van der Waals surface area contributed by atoms with E-state index in [-0.39, 0.29) is 5.91 Å². The van der Waals surface area contributed by atoms with Crippen LogP contribution in [0.5, 0.6) is 5.75 Å². The Hall–Kier alpha value is -2.95. The van der Waals surface area contributed by atoms with E-state index in [4.69, 9.17) is 4.74 Å². The van der Waals surface area contributed by atoms with Crippen molar-refractivity contribution in [2.24, 2.45) is 0 Å². The number of nitrogens with zero attached hydrogens (tertiary/aromatic N) is 2. The molecule has 0 fully saturated rings. The fourth-order valence-electron chi connectivity index (χ4n) is 3.67. The zero-order valence-electron chi connectivity index (χ0n) is 17.2. The summed E-state index contributed by atoms with van der Waals surface area (Å²) in [6.45, 7) is 9.40. The van der Waals surface area contributed by atoms with Crippen molar-refractivity contribution in [2.45, 2.75) is 27.3 Å². The van der Waals surface area contributed by atoms with E-state index in [2.05, 4.69) is 53.8 Å². The molecule has 2 aromatic carbocycles. The molecule has 5 heteroatoms. The summed E-state index contributed by atoms with van der Waals surface area (Å²) in [7, 11) is 1.64. The summed E-state index contributed by atoms with van der Waals surface area (Å²) in [6.07, 6.45) is 0. The first-order chi connectivity index (χ1) is 13.6. The summed E-state index contributed by atoms with van der Waals surface area (Å²) in [6, 6.07) is 16.1. The van der Waals surface area contributed by atoms with Crippen LogP contribution >= 0.6 is 0 Å². The Bertz CT molecular complexity index is 958. The molecule has 0 aliphatic rings. The predicted molar refractivity (Wildman–Crippen MR) is 116 cm³/mol. The number of anilines is 1. The molecular weight excluding hydrogens is 350 g/mol. The Morgan fingerprint density at radius 3 is 2.57 bits per heavy atom. The van der Waals surface area contributed by atoms with Gasteiger partial charge in [0.05, 0.1) is 12.8 Å². The molecule has 1 heterocycles. The molecule has 0 radical (unpaired) electrons. The van der Waals surface area contributed by atoms with E-state index in [1.54, 1.807) is 7.11 Å². The number of aryl methyl sites for hydroxylation is 1. The molecule has 148 valence electrons. The third-order valence-electron chi connectivity index (χ3n) is 5.18. The van der Waals surface area contributed by atoms with Gasteiger partial charge in [0.2, 0.25) is 0 Å². The van der Waals surface area contributed by atoms with E-state index in [1.165, 1.54) is 16.6 Å². The second-order valence-electron chi connectivity index (χ2n) is 6.81. The molecule has 3 aromatic rings. The van der Waals surface area contributed by atoms with Gasteiger partial charge in [-0.1, -0.05) is 18.2 Å². The lowest BCUT2D eigenvalue weighted by molar-refractivity contribution is 0.0952. The SMILES string of the molecule is CCN(CC)c1ccc(C(=O)NCCn2c(C)cc3ccccc32)cc1OC. The predicted octanol–water partition coefficient (Wildman–Crippen LogP) is 4.23. The van der Waals surface area contributed by atoms with Crippen LogP contribution < -0.4 is 15.0 Å². The van der Waals surface area contributed by atoms with Crippen LogP contribution in [-0.4, -0.2) is 37.2 Å². The van der Waals surface area contributed by atoms with Gasteiger partial charge >= 0.3 is 0 Å². The minimum atomic E-state index is -0.0847. The lowest BCUT2D eigenvalue weighted by atomic mass is 10.1. The number of ether oxygens (including phenoxy) is 1. The summed E-state index contributed by atoms with van der Waals surface area (Å²) in [5.74, 6) is 0.641. The number of para-hydroxylation sites is 1. The number of amides is 1. The minimum absolute atomic E-state index is 0.0847. The van der Waals surface area contributed by atoms with Crippen molar-refractivity contribution in [1.82, 2.24) is 9.88 Å². The summed E-state index contributed by atoms with van der Waals surface area (Å²) in [5.41, 5.74) is 4.01. The van der Waals surface area contributed by atoms with Crippen LogP contribution in [-0.2, 0) is 6.54 Å². The summed E-state index contributed by atoms with van der Waals surface area (Å²) in [4.78, 5) is 14.8. The van der Waals surface area contributed by atoms with Crippen LogP contribution in [0, 0.1) is 6.92 Å². The van der Waals surface area contributed by atoms with Crippen molar-refractivity contribution < 1.29 is 9.53 Å². The van der Waals surface area contributed by atoms with E-state index < -0.39 is 0 Å². The number of carbonyl (C=O) groups is 1. The molecule has 5 nitrogen and oxygen atoms in total. The second-order valence-corrected chi connectivity index (χ2v) is 6.81. The van der Waals surface area contributed by atoms with E-state index >= 15 is 0 Å². The Morgan fingerprint density at radius 1 is 1.11 bits per heavy atom. The first-order valence-electron chi connectivity index (χ1n) is 9.85. The van der Waals surface area contributed by atoms with Crippen LogP contribution in [0.2, 0.25) is 0 Å². The highest BCUT2D eigenvalue weighted by molar-refractivity contribution is 5.95. The smallest absolute Gasteiger partial charge is 0.251 e. The highest BCUT2D eigenvalue weighted by Gasteiger charge is 2.13. The lowest BCUT2D eigenvalue weighted by Crippen LogP contribution is -2.28. The van der Waals surface area contributed by atoms with Gasteiger partial charge in [-0.25, -0.2) is 0 Å². The molecule has 1 N–H and O–H groups in total. The molecule has 0 aliphatic heterocycles. The highest BCUT2D eigenvalue weighted by atomic mass is 16.5. The van der Waals surface area contributed by atoms with Crippen LogP contribution in [0.1, 0.15) is 29.9 Å². The average molecular weight is 380 g/mol. The van der Waals surface area contributed by atoms with E-state index in [9.17, 15) is 4.79 Å². The van der Waals surface area contributed by atoms with Gasteiger partial charge in [0, 0.05) is 43.0 Å². The molecular formula is C23H29N3O2. The second kappa shape index (κ2) is 8.83. The largest absolute Gasteiger partial charge is 0.495 e. The Morgan fingerprint density at radius 2 is 1.86 bits per heavy atom. The summed E-state index contributed by atoms with van der Waals surface area (Å²) < 4.78 is 7.76. The number of nitrogens with one attached hydrogen (secondary N) is 1. The number of benzene rings is 2. The van der Waals surface area contributed by atoms with Gasteiger partial charge in [0.1, 0.15) is 5.75 Å². The Kier molecular flexibility index (Phi) is 6.24. The van der Waals surface area contributed by atoms with Crippen molar-refractivity contribution in [3.05, 3.63) is 59.8 Å². The third kappa shape index (κ3) is 3.98. The van der Waals surface area contributed by atoms with Gasteiger partial charge in [-0.15, -0.1) is 0 Å². The maximum atomic E-state index is 12.6. The van der Waals surface area contributed by atoms with Gasteiger partial charge in [-0.3, -0.25) is 4.79 Å². The highest BCUT2D eigenvalue weighted by Crippen LogP contribution is 2.29. The van der Waals surface area contributed by atoms with Crippen LogP contribution in [0.3, 0.4) is 0 Å². The molecule has 0 aliphatic carbocycles. The topological polar surface area (TPSA) is 46.5 Å². The van der Waals surface area contributed by atoms with E-state index in [0.29, 0.717) is 12.1 Å². The van der Waals surface area contributed by atoms with E-state index in [0.717, 1.165) is 31.1 Å². The molecule has 28 heavy (non-hydrogen) atoms. The number of methoxy groups -OCH3 is 1. The van der Waals surface area contributed by atoms with Crippen molar-refractivity contribution in [3.8, 4) is 5.75 Å². The molecule has 0 unspecified atom stereocenters. The molecule has 0 saturated carbocycles. The molecule has 0 saturated heterocycles. The standard InChI is InChI=1S/C23H29N3O2/c1-5-25(6-2)21-12-11-19(16-22(21)28-4)23(27)24-13-14-26-17(3)15-18-9-7-8-10-20(18)26/h7-12,15-16H,5-6,13-14H2,1-4H3,(H,24,27). The normalized spacial score (nSPS) is 10.9. The maximum Gasteiger partial charge on any atom is 0.251 e. The van der Waals surface area contributed by atoms with Crippen LogP contribution in [0.25, 0.3) is 10.9 Å². The van der Waals surface area contributed by atoms with Crippen molar-refractivity contribution in [1.29, 1.82) is 0 Å². The van der Waals surface area contributed by atoms with Crippen molar-refractivity contribution in [2.75, 3.05) is 31.6 Å². The zero-order chi connectivity index (χ0) is 20.1. The number of rotatable bonds is 8. The van der Waals surface area contributed by atoms with Gasteiger partial charge in [-0.2, -0.15) is 0 Å². The summed E-state index contributed by atoms with van der Waals surface area (Å²) >= 11 is 0. The molecule has 3 rings (SSSR count). The Labute approximate surface area is 166 Å². The van der Waals surface area contributed by atoms with Gasteiger partial charge in [-0.05, 0) is 56.5 Å². The number of aromatic nitrogens is 1. The quantitative estimate of drug-likeness (QED) is 0.637. The zero-order valence-corrected chi connectivity index (χ0v) is 17.2. The number of hydrogen-bond donors (Lipinski definition) is 1. The van der Waals surface area contributed by atoms with E-state index in [1.807, 2.05) is 30.3 Å². The molecule has 0 atom stereocenters. The minimum Gasteiger partial charge on any atom is -0.495 e. The average Bonchev–Trinajstić information content (AvgIpc) is 3.04. The molecule has 0 bridgehead atoms. The van der Waals surface area contributed by atoms with Gasteiger partial charge < -0.3 is 19.5 Å². The van der Waals surface area contributed by atoms with Crippen LogP contribution in [0.4, 0.5) is 5.69 Å². The number of hydrogen-bond acceptors (Lipinski definition) is 3.